The van der Waals surface area contributed by atoms with Gasteiger partial charge in [-0.3, -0.25) is 24.9 Å². The summed E-state index contributed by atoms with van der Waals surface area (Å²) in [6, 6.07) is 10.3. The Morgan fingerprint density at radius 3 is 2.67 bits per heavy atom. The number of piperazine rings is 1. The normalized spacial score (nSPS) is 17.9. The fourth-order valence-electron chi connectivity index (χ4n) is 4.46. The van der Waals surface area contributed by atoms with Crippen molar-refractivity contribution >= 4 is 22.7 Å². The third-order valence-electron chi connectivity index (χ3n) is 6.00. The zero-order chi connectivity index (χ0) is 20.7. The van der Waals surface area contributed by atoms with E-state index in [2.05, 4.69) is 25.7 Å². The minimum Gasteiger partial charge on any atom is -0.314 e. The van der Waals surface area contributed by atoms with Crippen LogP contribution in [0.1, 0.15) is 44.4 Å². The minimum atomic E-state index is -0.337. The highest BCUT2D eigenvalue weighted by Gasteiger charge is 2.29. The molecule has 1 aromatic heterocycles. The number of aryl methyl sites for hydroxylation is 1. The van der Waals surface area contributed by atoms with Crippen molar-refractivity contribution < 1.29 is 14.0 Å². The summed E-state index contributed by atoms with van der Waals surface area (Å²) < 4.78 is 13.5. The van der Waals surface area contributed by atoms with Crippen LogP contribution < -0.4 is 10.6 Å². The molecule has 2 aliphatic rings. The summed E-state index contributed by atoms with van der Waals surface area (Å²) in [6.07, 6.45) is 1.54. The van der Waals surface area contributed by atoms with Gasteiger partial charge in [0, 0.05) is 49.4 Å². The lowest BCUT2D eigenvalue weighted by Crippen LogP contribution is -2.45. The summed E-state index contributed by atoms with van der Waals surface area (Å²) in [5.41, 5.74) is 3.50. The van der Waals surface area contributed by atoms with E-state index in [1.165, 1.54) is 12.1 Å². The van der Waals surface area contributed by atoms with Crippen molar-refractivity contribution in [3.63, 3.8) is 0 Å². The van der Waals surface area contributed by atoms with Crippen LogP contribution in [0, 0.1) is 5.82 Å². The van der Waals surface area contributed by atoms with E-state index in [1.807, 2.05) is 12.1 Å². The average Bonchev–Trinajstić information content (AvgIpc) is 3.28. The Balaban J connectivity index is 1.44. The first-order valence-corrected chi connectivity index (χ1v) is 10.2. The first-order valence-electron chi connectivity index (χ1n) is 10.2. The monoisotopic (exact) mass is 407 g/mol. The highest BCUT2D eigenvalue weighted by molar-refractivity contribution is 6.21. The van der Waals surface area contributed by atoms with Gasteiger partial charge in [0.2, 0.25) is 0 Å². The largest absolute Gasteiger partial charge is 0.314 e. The molecule has 1 saturated heterocycles. The fourth-order valence-corrected chi connectivity index (χ4v) is 4.46. The Kier molecular flexibility index (Phi) is 4.80. The van der Waals surface area contributed by atoms with Crippen LogP contribution in [0.5, 0.6) is 0 Å². The summed E-state index contributed by atoms with van der Waals surface area (Å²) in [6.45, 7) is 3.63. The van der Waals surface area contributed by atoms with Crippen molar-refractivity contribution in [2.45, 2.75) is 18.9 Å². The minimum absolute atomic E-state index is 0.0969. The highest BCUT2D eigenvalue weighted by atomic mass is 19.1. The van der Waals surface area contributed by atoms with Crippen LogP contribution in [0.15, 0.2) is 36.4 Å². The van der Waals surface area contributed by atoms with Gasteiger partial charge in [-0.2, -0.15) is 5.10 Å². The third-order valence-corrected chi connectivity index (χ3v) is 6.00. The number of halogens is 1. The molecule has 3 N–H and O–H groups in total. The lowest BCUT2D eigenvalue weighted by Gasteiger charge is -2.35. The number of hydrogen-bond acceptors (Lipinski definition) is 5. The van der Waals surface area contributed by atoms with Crippen LogP contribution >= 0.6 is 0 Å². The molecule has 2 amide bonds. The molecular weight excluding hydrogens is 385 g/mol. The number of nitrogens with one attached hydrogen (secondary N) is 3. The molecule has 3 aromatic rings. The van der Waals surface area contributed by atoms with Gasteiger partial charge in [0.1, 0.15) is 5.82 Å². The summed E-state index contributed by atoms with van der Waals surface area (Å²) in [4.78, 5) is 26.5. The Hall–Kier alpha value is -3.10. The summed E-state index contributed by atoms with van der Waals surface area (Å²) >= 11 is 0. The second kappa shape index (κ2) is 7.62. The maximum atomic E-state index is 13.5. The van der Waals surface area contributed by atoms with Gasteiger partial charge in [0.05, 0.1) is 16.6 Å². The van der Waals surface area contributed by atoms with Crippen LogP contribution in [0.2, 0.25) is 0 Å². The van der Waals surface area contributed by atoms with Gasteiger partial charge in [-0.1, -0.05) is 6.07 Å². The van der Waals surface area contributed by atoms with Crippen molar-refractivity contribution in [3.8, 4) is 0 Å². The van der Waals surface area contributed by atoms with E-state index < -0.39 is 0 Å². The molecule has 0 saturated carbocycles. The van der Waals surface area contributed by atoms with Crippen LogP contribution in [0.4, 0.5) is 4.39 Å². The molecule has 1 unspecified atom stereocenters. The van der Waals surface area contributed by atoms with Gasteiger partial charge in [-0.15, -0.1) is 0 Å². The van der Waals surface area contributed by atoms with Crippen LogP contribution in [0.3, 0.4) is 0 Å². The van der Waals surface area contributed by atoms with Crippen molar-refractivity contribution in [2.75, 3.05) is 26.2 Å². The Morgan fingerprint density at radius 1 is 1.03 bits per heavy atom. The standard InChI is InChI=1S/C22H22FN5O2/c23-14-2-4-16-18(26-27-19(16)12-14)5-6-20(28-9-7-24-8-10-28)13-1-3-15-17(11-13)22(30)25-21(15)29/h1-4,11-12,20,24H,5-10H2,(H,26,27)(H,25,29,30). The number of aromatic amines is 1. The van der Waals surface area contributed by atoms with Crippen LogP contribution in [0.25, 0.3) is 10.9 Å². The number of carbonyl (C=O) groups excluding carboxylic acids is 2. The van der Waals surface area contributed by atoms with Crippen molar-refractivity contribution in [3.05, 3.63) is 64.6 Å². The summed E-state index contributed by atoms with van der Waals surface area (Å²) in [7, 11) is 0. The second-order valence-corrected chi connectivity index (χ2v) is 7.79. The molecule has 0 radical (unpaired) electrons. The zero-order valence-electron chi connectivity index (χ0n) is 16.4. The predicted octanol–water partition coefficient (Wildman–Crippen LogP) is 2.16. The molecule has 0 aliphatic carbocycles. The predicted molar refractivity (Wildman–Crippen MR) is 110 cm³/mol. The van der Waals surface area contributed by atoms with E-state index in [0.717, 1.165) is 55.7 Å². The van der Waals surface area contributed by atoms with Crippen molar-refractivity contribution in [1.82, 2.24) is 25.7 Å². The lowest BCUT2D eigenvalue weighted by atomic mass is 9.95. The van der Waals surface area contributed by atoms with E-state index in [-0.39, 0.29) is 23.7 Å². The summed E-state index contributed by atoms with van der Waals surface area (Å²) in [5.74, 6) is -0.973. The maximum Gasteiger partial charge on any atom is 0.258 e. The van der Waals surface area contributed by atoms with Gasteiger partial charge >= 0.3 is 0 Å². The molecule has 0 bridgehead atoms. The third kappa shape index (κ3) is 3.38. The Labute approximate surface area is 172 Å². The van der Waals surface area contributed by atoms with E-state index in [1.54, 1.807) is 12.1 Å². The smallest absolute Gasteiger partial charge is 0.258 e. The van der Waals surface area contributed by atoms with E-state index >= 15 is 0 Å². The number of hydrogen-bond donors (Lipinski definition) is 3. The summed E-state index contributed by atoms with van der Waals surface area (Å²) in [5, 5.41) is 13.9. The van der Waals surface area contributed by atoms with E-state index in [0.29, 0.717) is 16.6 Å². The number of H-pyrrole nitrogens is 1. The van der Waals surface area contributed by atoms with Gasteiger partial charge in [-0.05, 0) is 42.7 Å². The Morgan fingerprint density at radius 2 is 1.83 bits per heavy atom. The number of benzene rings is 2. The maximum absolute atomic E-state index is 13.5. The van der Waals surface area contributed by atoms with E-state index in [4.69, 9.17) is 0 Å². The van der Waals surface area contributed by atoms with Gasteiger partial charge in [0.15, 0.2) is 0 Å². The van der Waals surface area contributed by atoms with Gasteiger partial charge in [0.25, 0.3) is 11.8 Å². The van der Waals surface area contributed by atoms with Crippen LogP contribution in [-0.2, 0) is 6.42 Å². The number of imide groups is 1. The molecule has 30 heavy (non-hydrogen) atoms. The van der Waals surface area contributed by atoms with Crippen molar-refractivity contribution in [1.29, 1.82) is 0 Å². The molecule has 8 heteroatoms. The number of fused-ring (bicyclic) bond motifs is 2. The number of amides is 2. The first kappa shape index (κ1) is 18.9. The second-order valence-electron chi connectivity index (χ2n) is 7.79. The van der Waals surface area contributed by atoms with Crippen LogP contribution in [-0.4, -0.2) is 53.1 Å². The highest BCUT2D eigenvalue weighted by Crippen LogP contribution is 2.30. The molecule has 1 atom stereocenters. The number of rotatable bonds is 5. The van der Waals surface area contributed by atoms with Gasteiger partial charge < -0.3 is 5.32 Å². The molecule has 1 fully saturated rings. The van der Waals surface area contributed by atoms with Crippen molar-refractivity contribution in [2.24, 2.45) is 0 Å². The number of carbonyl (C=O) groups is 2. The molecule has 7 nitrogen and oxygen atoms in total. The topological polar surface area (TPSA) is 90.1 Å². The molecule has 2 aromatic carbocycles. The SMILES string of the molecule is O=C1NC(=O)c2cc(C(CCc3[nH]nc4cc(F)ccc34)N3CCNCC3)ccc21. The number of nitrogens with zero attached hydrogens (tertiary/aromatic N) is 2. The van der Waals surface area contributed by atoms with E-state index in [9.17, 15) is 14.0 Å². The molecule has 154 valence electrons. The number of aromatic nitrogens is 2. The average molecular weight is 407 g/mol. The molecular formula is C22H22FN5O2. The fraction of sp³-hybridized carbons (Fsp3) is 0.318. The van der Waals surface area contributed by atoms with Gasteiger partial charge in [-0.25, -0.2) is 4.39 Å². The molecule has 3 heterocycles. The molecule has 0 spiro atoms. The molecule has 5 rings (SSSR count). The Bertz CT molecular complexity index is 1140. The zero-order valence-corrected chi connectivity index (χ0v) is 16.4. The lowest BCUT2D eigenvalue weighted by molar-refractivity contribution is 0.0879. The molecule has 2 aliphatic heterocycles. The first-order chi connectivity index (χ1) is 14.6. The quantitative estimate of drug-likeness (QED) is 0.564.